The van der Waals surface area contributed by atoms with E-state index in [1.165, 1.54) is 0 Å². The molecular formula is C22H21NO2. The predicted octanol–water partition coefficient (Wildman–Crippen LogP) is 4.35. The summed E-state index contributed by atoms with van der Waals surface area (Å²) in [5, 5.41) is 0.924. The van der Waals surface area contributed by atoms with Crippen LogP contribution in [0.1, 0.15) is 30.5 Å². The molecule has 0 aliphatic heterocycles. The Hall–Kier alpha value is -2.99. The van der Waals surface area contributed by atoms with Crippen LogP contribution < -0.4 is 10.5 Å². The fraction of sp³-hybridized carbons (Fsp3) is 0.227. The van der Waals surface area contributed by atoms with Crippen molar-refractivity contribution in [2.45, 2.75) is 20.8 Å². The van der Waals surface area contributed by atoms with Gasteiger partial charge in [0.15, 0.2) is 0 Å². The summed E-state index contributed by atoms with van der Waals surface area (Å²) in [5.74, 6) is 6.02. The van der Waals surface area contributed by atoms with Crippen LogP contribution in [0.25, 0.3) is 11.0 Å². The van der Waals surface area contributed by atoms with Crippen LogP contribution in [0.5, 0.6) is 0 Å². The SMILES string of the molecule is CCN(CC)c1ccc2c(C)c(C#Cc3ccccc3)c(=O)oc2c1. The van der Waals surface area contributed by atoms with Gasteiger partial charge in [0.25, 0.3) is 0 Å². The highest BCUT2D eigenvalue weighted by Crippen LogP contribution is 2.24. The second-order valence-corrected chi connectivity index (χ2v) is 5.86. The molecule has 3 rings (SSSR count). The lowest BCUT2D eigenvalue weighted by atomic mass is 10.1. The van der Waals surface area contributed by atoms with E-state index < -0.39 is 0 Å². The van der Waals surface area contributed by atoms with Crippen molar-refractivity contribution < 1.29 is 4.42 Å². The van der Waals surface area contributed by atoms with Crippen molar-refractivity contribution in [3.8, 4) is 11.8 Å². The van der Waals surface area contributed by atoms with E-state index in [1.807, 2.05) is 49.4 Å². The fourth-order valence-electron chi connectivity index (χ4n) is 2.93. The van der Waals surface area contributed by atoms with Crippen molar-refractivity contribution >= 4 is 16.7 Å². The van der Waals surface area contributed by atoms with Crippen molar-refractivity contribution in [2.24, 2.45) is 0 Å². The van der Waals surface area contributed by atoms with Gasteiger partial charge in [0, 0.05) is 35.8 Å². The Bertz CT molecular complexity index is 1000. The average Bonchev–Trinajstić information content (AvgIpc) is 2.63. The maximum atomic E-state index is 12.4. The molecule has 1 heterocycles. The van der Waals surface area contributed by atoms with Gasteiger partial charge in [-0.3, -0.25) is 0 Å². The monoisotopic (exact) mass is 331 g/mol. The molecule has 3 heteroatoms. The largest absolute Gasteiger partial charge is 0.422 e. The summed E-state index contributed by atoms with van der Waals surface area (Å²) in [4.78, 5) is 14.6. The molecule has 0 spiro atoms. The zero-order valence-electron chi connectivity index (χ0n) is 14.8. The molecule has 3 nitrogen and oxygen atoms in total. The summed E-state index contributed by atoms with van der Waals surface area (Å²) in [5.41, 5.74) is 3.44. The van der Waals surface area contributed by atoms with E-state index >= 15 is 0 Å². The summed E-state index contributed by atoms with van der Waals surface area (Å²) in [6.07, 6.45) is 0. The minimum absolute atomic E-state index is 0.384. The second-order valence-electron chi connectivity index (χ2n) is 5.86. The Morgan fingerprint density at radius 1 is 1.00 bits per heavy atom. The van der Waals surface area contributed by atoms with Crippen LogP contribution in [0.3, 0.4) is 0 Å². The molecular weight excluding hydrogens is 310 g/mol. The number of rotatable bonds is 3. The molecule has 1 aromatic heterocycles. The Morgan fingerprint density at radius 2 is 1.72 bits per heavy atom. The molecule has 0 N–H and O–H groups in total. The summed E-state index contributed by atoms with van der Waals surface area (Å²) < 4.78 is 5.56. The van der Waals surface area contributed by atoms with Crippen LogP contribution in [0.2, 0.25) is 0 Å². The number of benzene rings is 2. The van der Waals surface area contributed by atoms with Crippen LogP contribution in [-0.4, -0.2) is 13.1 Å². The van der Waals surface area contributed by atoms with Crippen molar-refractivity contribution in [2.75, 3.05) is 18.0 Å². The Balaban J connectivity index is 2.10. The summed E-state index contributed by atoms with van der Waals surface area (Å²) in [6, 6.07) is 15.6. The van der Waals surface area contributed by atoms with Gasteiger partial charge in [-0.05, 0) is 50.6 Å². The number of aryl methyl sites for hydroxylation is 1. The van der Waals surface area contributed by atoms with Gasteiger partial charge in [-0.25, -0.2) is 4.79 Å². The maximum Gasteiger partial charge on any atom is 0.352 e. The van der Waals surface area contributed by atoms with Gasteiger partial charge < -0.3 is 9.32 Å². The van der Waals surface area contributed by atoms with Gasteiger partial charge in [-0.15, -0.1) is 0 Å². The van der Waals surface area contributed by atoms with Crippen molar-refractivity contribution in [1.82, 2.24) is 0 Å². The first-order chi connectivity index (χ1) is 12.1. The minimum Gasteiger partial charge on any atom is -0.422 e. The van der Waals surface area contributed by atoms with Crippen LogP contribution >= 0.6 is 0 Å². The first-order valence-corrected chi connectivity index (χ1v) is 8.53. The molecule has 0 radical (unpaired) electrons. The second kappa shape index (κ2) is 7.27. The standard InChI is InChI=1S/C22H21NO2/c1-4-23(5-2)18-12-14-19-16(3)20(22(24)25-21(19)15-18)13-11-17-9-7-6-8-10-17/h6-10,12,14-15H,4-5H2,1-3H3. The fourth-order valence-corrected chi connectivity index (χ4v) is 2.93. The Morgan fingerprint density at radius 3 is 2.40 bits per heavy atom. The lowest BCUT2D eigenvalue weighted by Crippen LogP contribution is -2.21. The normalized spacial score (nSPS) is 10.4. The molecule has 0 fully saturated rings. The zero-order chi connectivity index (χ0) is 17.8. The molecule has 2 aromatic carbocycles. The quantitative estimate of drug-likeness (QED) is 0.528. The van der Waals surface area contributed by atoms with Gasteiger partial charge in [-0.2, -0.15) is 0 Å². The molecule has 0 atom stereocenters. The smallest absolute Gasteiger partial charge is 0.352 e. The first kappa shape index (κ1) is 16.9. The third-order valence-corrected chi connectivity index (χ3v) is 4.39. The highest BCUT2D eigenvalue weighted by atomic mass is 16.4. The average molecular weight is 331 g/mol. The van der Waals surface area contributed by atoms with Crippen molar-refractivity contribution in [1.29, 1.82) is 0 Å². The van der Waals surface area contributed by atoms with E-state index in [9.17, 15) is 4.79 Å². The number of anilines is 1. The molecule has 0 saturated carbocycles. The predicted molar refractivity (Wildman–Crippen MR) is 103 cm³/mol. The van der Waals surface area contributed by atoms with E-state index in [0.717, 1.165) is 35.3 Å². The van der Waals surface area contributed by atoms with E-state index in [1.54, 1.807) is 0 Å². The molecule has 0 bridgehead atoms. The molecule has 0 amide bonds. The van der Waals surface area contributed by atoms with Crippen LogP contribution in [-0.2, 0) is 0 Å². The third-order valence-electron chi connectivity index (χ3n) is 4.39. The van der Waals surface area contributed by atoms with Gasteiger partial charge >= 0.3 is 5.63 Å². The number of hydrogen-bond donors (Lipinski definition) is 0. The van der Waals surface area contributed by atoms with Gasteiger partial charge in [0.2, 0.25) is 0 Å². The molecule has 126 valence electrons. The van der Waals surface area contributed by atoms with E-state index in [-0.39, 0.29) is 5.63 Å². The van der Waals surface area contributed by atoms with Crippen molar-refractivity contribution in [3.05, 3.63) is 75.6 Å². The van der Waals surface area contributed by atoms with Crippen LogP contribution in [0.4, 0.5) is 5.69 Å². The van der Waals surface area contributed by atoms with E-state index in [4.69, 9.17) is 4.42 Å². The number of fused-ring (bicyclic) bond motifs is 1. The molecule has 0 aliphatic carbocycles. The lowest BCUT2D eigenvalue weighted by Gasteiger charge is -2.21. The lowest BCUT2D eigenvalue weighted by molar-refractivity contribution is 0.557. The van der Waals surface area contributed by atoms with Crippen LogP contribution in [0, 0.1) is 18.8 Å². The molecule has 0 saturated heterocycles. The third kappa shape index (κ3) is 3.44. The maximum absolute atomic E-state index is 12.4. The highest BCUT2D eigenvalue weighted by Gasteiger charge is 2.11. The van der Waals surface area contributed by atoms with Gasteiger partial charge in [0.1, 0.15) is 11.1 Å². The van der Waals surface area contributed by atoms with Gasteiger partial charge in [-0.1, -0.05) is 30.0 Å². The Kier molecular flexibility index (Phi) is 4.90. The van der Waals surface area contributed by atoms with E-state index in [0.29, 0.717) is 11.1 Å². The summed E-state index contributed by atoms with van der Waals surface area (Å²) in [7, 11) is 0. The summed E-state index contributed by atoms with van der Waals surface area (Å²) in [6.45, 7) is 7.96. The molecule has 0 aliphatic rings. The summed E-state index contributed by atoms with van der Waals surface area (Å²) >= 11 is 0. The van der Waals surface area contributed by atoms with Crippen LogP contribution in [0.15, 0.2) is 57.7 Å². The highest BCUT2D eigenvalue weighted by molar-refractivity contribution is 5.85. The molecule has 0 unspecified atom stereocenters. The number of nitrogens with zero attached hydrogens (tertiary/aromatic N) is 1. The van der Waals surface area contributed by atoms with Gasteiger partial charge in [0.05, 0.1) is 0 Å². The van der Waals surface area contributed by atoms with Crippen molar-refractivity contribution in [3.63, 3.8) is 0 Å². The van der Waals surface area contributed by atoms with E-state index in [2.05, 4.69) is 36.7 Å². The molecule has 3 aromatic rings. The minimum atomic E-state index is -0.384. The molecule has 25 heavy (non-hydrogen) atoms. The first-order valence-electron chi connectivity index (χ1n) is 8.53. The topological polar surface area (TPSA) is 33.5 Å². The Labute approximate surface area is 147 Å². The zero-order valence-corrected chi connectivity index (χ0v) is 14.8. The number of hydrogen-bond acceptors (Lipinski definition) is 3.